The molecular weight excluding hydrogens is 395 g/mol. The third-order valence-corrected chi connectivity index (χ3v) is 4.73. The summed E-state index contributed by atoms with van der Waals surface area (Å²) in [4.78, 5) is 16.6. The number of benzene rings is 1. The summed E-state index contributed by atoms with van der Waals surface area (Å²) in [6.07, 6.45) is 1.71. The zero-order valence-electron chi connectivity index (χ0n) is 17.0. The van der Waals surface area contributed by atoms with E-state index in [-0.39, 0.29) is 5.95 Å². The Bertz CT molecular complexity index is 1290. The van der Waals surface area contributed by atoms with E-state index in [9.17, 15) is 4.39 Å². The third kappa shape index (κ3) is 4.23. The van der Waals surface area contributed by atoms with Crippen molar-refractivity contribution in [3.05, 3.63) is 83.4 Å². The van der Waals surface area contributed by atoms with Crippen LogP contribution in [-0.4, -0.2) is 29.9 Å². The Morgan fingerprint density at radius 2 is 1.81 bits per heavy atom. The molecule has 0 aliphatic heterocycles. The molecule has 0 fully saturated rings. The van der Waals surface area contributed by atoms with E-state index < -0.39 is 11.4 Å². The van der Waals surface area contributed by atoms with Crippen LogP contribution in [0.15, 0.2) is 54.7 Å². The minimum Gasteiger partial charge on any atom is -0.368 e. The third-order valence-electron chi connectivity index (χ3n) is 4.73. The van der Waals surface area contributed by atoms with Crippen LogP contribution in [-0.2, 0) is 12.1 Å². The molecule has 0 saturated carbocycles. The van der Waals surface area contributed by atoms with Gasteiger partial charge in [0.15, 0.2) is 0 Å². The molecule has 3 aromatic heterocycles. The molecule has 0 bridgehead atoms. The lowest BCUT2D eigenvalue weighted by Crippen LogP contribution is -2.15. The molecule has 0 aliphatic carbocycles. The molecule has 4 aromatic rings. The lowest BCUT2D eigenvalue weighted by atomic mass is 10.0. The Balaban J connectivity index is 1.62. The van der Waals surface area contributed by atoms with Gasteiger partial charge in [0.05, 0.1) is 29.8 Å². The summed E-state index contributed by atoms with van der Waals surface area (Å²) in [5.74, 6) is -0.385. The molecule has 1 aromatic carbocycles. The maximum absolute atomic E-state index is 14.2. The molecule has 0 radical (unpaired) electrons. The lowest BCUT2D eigenvalue weighted by Gasteiger charge is -2.11. The molecule has 31 heavy (non-hydrogen) atoms. The van der Waals surface area contributed by atoms with Gasteiger partial charge in [0.1, 0.15) is 17.2 Å². The van der Waals surface area contributed by atoms with E-state index in [1.165, 1.54) is 6.07 Å². The van der Waals surface area contributed by atoms with E-state index in [4.69, 9.17) is 12.3 Å². The molecule has 2 N–H and O–H groups in total. The van der Waals surface area contributed by atoms with Crippen molar-refractivity contribution in [1.29, 1.82) is 0 Å². The summed E-state index contributed by atoms with van der Waals surface area (Å²) in [6.45, 7) is 11.4. The molecule has 154 valence electrons. The number of nitrogens with two attached hydrogens (primary N) is 1. The van der Waals surface area contributed by atoms with Gasteiger partial charge in [-0.25, -0.2) is 30.6 Å². The Labute approximate surface area is 178 Å². The molecule has 0 atom stereocenters. The van der Waals surface area contributed by atoms with Gasteiger partial charge in [0.25, 0.3) is 5.54 Å². The van der Waals surface area contributed by atoms with Gasteiger partial charge >= 0.3 is 0 Å². The largest absolute Gasteiger partial charge is 0.368 e. The fourth-order valence-corrected chi connectivity index (χ4v) is 3.03. The molecule has 3 heterocycles. The summed E-state index contributed by atoms with van der Waals surface area (Å²) in [6, 6.07) is 13.5. The monoisotopic (exact) mass is 414 g/mol. The molecule has 9 heteroatoms. The number of hydrogen-bond donors (Lipinski definition) is 1. The van der Waals surface area contributed by atoms with Gasteiger partial charge in [-0.05, 0) is 30.3 Å². The molecule has 0 spiro atoms. The average Bonchev–Trinajstić information content (AvgIpc) is 3.22. The van der Waals surface area contributed by atoms with Crippen LogP contribution >= 0.6 is 0 Å². The topological polar surface area (TPSA) is 99.8 Å². The van der Waals surface area contributed by atoms with E-state index in [1.54, 1.807) is 35.1 Å². The van der Waals surface area contributed by atoms with Gasteiger partial charge in [-0.1, -0.05) is 23.4 Å². The molecule has 0 saturated heterocycles. The maximum Gasteiger partial charge on any atom is 0.268 e. The lowest BCUT2D eigenvalue weighted by molar-refractivity contribution is 0.608. The molecule has 4 rings (SSSR count). The quantitative estimate of drug-likeness (QED) is 0.500. The first-order valence-electron chi connectivity index (χ1n) is 9.51. The Hall–Kier alpha value is -4.19. The van der Waals surface area contributed by atoms with Crippen LogP contribution in [0.25, 0.3) is 27.5 Å². The summed E-state index contributed by atoms with van der Waals surface area (Å²) in [7, 11) is 0. The van der Waals surface area contributed by atoms with Crippen LogP contribution in [0.3, 0.4) is 0 Å². The maximum atomic E-state index is 14.2. The van der Waals surface area contributed by atoms with Crippen LogP contribution in [0.2, 0.25) is 0 Å². The Kier molecular flexibility index (Phi) is 5.13. The van der Waals surface area contributed by atoms with Crippen LogP contribution < -0.4 is 5.73 Å². The number of hydrogen-bond acceptors (Lipinski definition) is 6. The first kappa shape index (κ1) is 20.1. The Morgan fingerprint density at radius 1 is 1.03 bits per heavy atom. The number of halogens is 1. The van der Waals surface area contributed by atoms with Crippen molar-refractivity contribution < 1.29 is 4.39 Å². The summed E-state index contributed by atoms with van der Waals surface area (Å²) < 4.78 is 15.8. The zero-order valence-corrected chi connectivity index (χ0v) is 17.0. The average molecular weight is 414 g/mol. The van der Waals surface area contributed by atoms with Gasteiger partial charge in [0.2, 0.25) is 5.95 Å². The van der Waals surface area contributed by atoms with E-state index in [1.807, 2.05) is 32.0 Å². The fourth-order valence-electron chi connectivity index (χ4n) is 3.03. The minimum absolute atomic E-state index is 0.0149. The summed E-state index contributed by atoms with van der Waals surface area (Å²) in [5, 5.41) is 8.31. The number of aromatic nitrogens is 6. The van der Waals surface area contributed by atoms with E-state index >= 15 is 0 Å². The highest BCUT2D eigenvalue weighted by Crippen LogP contribution is 2.26. The smallest absolute Gasteiger partial charge is 0.268 e. The van der Waals surface area contributed by atoms with Gasteiger partial charge in [-0.2, -0.15) is 0 Å². The standard InChI is InChI=1S/C22H19FN8/c1-22(2,25-3)20-10-6-7-14(26-20)12-31-13-19(29-30-31)18-11-17(27-21(24)28-18)15-8-4-5-9-16(15)23/h4-11,13H,12H2,1-2H3,(H2,24,27,28). The van der Waals surface area contributed by atoms with Gasteiger partial charge in [-0.15, -0.1) is 5.10 Å². The number of rotatable bonds is 5. The minimum atomic E-state index is -0.703. The van der Waals surface area contributed by atoms with E-state index in [2.05, 4.69) is 30.1 Å². The number of pyridine rings is 1. The fraction of sp³-hybridized carbons (Fsp3) is 0.182. The zero-order chi connectivity index (χ0) is 22.0. The van der Waals surface area contributed by atoms with Crippen molar-refractivity contribution in [2.45, 2.75) is 25.9 Å². The second-order valence-corrected chi connectivity index (χ2v) is 7.46. The van der Waals surface area contributed by atoms with Crippen molar-refractivity contribution in [2.75, 3.05) is 5.73 Å². The molecule has 0 amide bonds. The SMILES string of the molecule is [C-]#[N+]C(C)(C)c1cccc(Cn2cc(-c3cc(-c4ccccc4F)nc(N)n3)nn2)n1. The summed E-state index contributed by atoms with van der Waals surface area (Å²) >= 11 is 0. The Morgan fingerprint density at radius 3 is 2.58 bits per heavy atom. The molecular formula is C22H19FN8. The number of nitrogens with zero attached hydrogens (tertiary/aromatic N) is 7. The van der Waals surface area contributed by atoms with Crippen molar-refractivity contribution >= 4 is 5.95 Å². The van der Waals surface area contributed by atoms with Gasteiger partial charge in [0, 0.05) is 19.4 Å². The van der Waals surface area contributed by atoms with E-state index in [0.717, 1.165) is 5.69 Å². The van der Waals surface area contributed by atoms with Crippen molar-refractivity contribution in [2.24, 2.45) is 0 Å². The van der Waals surface area contributed by atoms with Gasteiger partial charge < -0.3 is 10.6 Å². The summed E-state index contributed by atoms with van der Waals surface area (Å²) in [5.41, 5.74) is 8.20. The second-order valence-electron chi connectivity index (χ2n) is 7.46. The van der Waals surface area contributed by atoms with Crippen molar-refractivity contribution in [1.82, 2.24) is 29.9 Å². The number of anilines is 1. The normalized spacial score (nSPS) is 11.3. The first-order chi connectivity index (χ1) is 14.9. The number of nitrogen functional groups attached to an aromatic ring is 1. The van der Waals surface area contributed by atoms with Crippen molar-refractivity contribution in [3.8, 4) is 22.6 Å². The van der Waals surface area contributed by atoms with Crippen LogP contribution in [0.4, 0.5) is 10.3 Å². The van der Waals surface area contributed by atoms with Gasteiger partial charge in [-0.3, -0.25) is 0 Å². The van der Waals surface area contributed by atoms with E-state index in [0.29, 0.717) is 34.9 Å². The second kappa shape index (κ2) is 7.91. The van der Waals surface area contributed by atoms with Crippen LogP contribution in [0, 0.1) is 12.4 Å². The van der Waals surface area contributed by atoms with Crippen LogP contribution in [0.5, 0.6) is 0 Å². The molecule has 0 unspecified atom stereocenters. The predicted molar refractivity (Wildman–Crippen MR) is 114 cm³/mol. The van der Waals surface area contributed by atoms with Crippen molar-refractivity contribution in [3.63, 3.8) is 0 Å². The first-order valence-corrected chi connectivity index (χ1v) is 9.51. The highest BCUT2D eigenvalue weighted by molar-refractivity contribution is 5.67. The molecule has 8 nitrogen and oxygen atoms in total. The highest BCUT2D eigenvalue weighted by atomic mass is 19.1. The predicted octanol–water partition coefficient (Wildman–Crippen LogP) is 3.72. The molecule has 0 aliphatic rings. The van der Waals surface area contributed by atoms with Crippen LogP contribution in [0.1, 0.15) is 25.2 Å². The highest BCUT2D eigenvalue weighted by Gasteiger charge is 2.27.